The van der Waals surface area contributed by atoms with Crippen LogP contribution in [0.2, 0.25) is 0 Å². The number of halogens is 1. The highest BCUT2D eigenvalue weighted by Gasteiger charge is 2.23. The van der Waals surface area contributed by atoms with Crippen LogP contribution in [0.4, 0.5) is 0 Å². The Hall–Kier alpha value is -1.53. The van der Waals surface area contributed by atoms with Gasteiger partial charge in [0.15, 0.2) is 0 Å². The van der Waals surface area contributed by atoms with Crippen LogP contribution in [0.25, 0.3) is 0 Å². The highest BCUT2D eigenvalue weighted by molar-refractivity contribution is 9.10. The quantitative estimate of drug-likeness (QED) is 0.826. The molecule has 22 heavy (non-hydrogen) atoms. The van der Waals surface area contributed by atoms with Gasteiger partial charge in [-0.2, -0.15) is 0 Å². The van der Waals surface area contributed by atoms with Gasteiger partial charge in [0.25, 0.3) is 0 Å². The molecular formula is C16H15BrN2O2S. The van der Waals surface area contributed by atoms with Crippen LogP contribution in [-0.2, 0) is 4.79 Å². The van der Waals surface area contributed by atoms with Gasteiger partial charge in [-0.3, -0.25) is 9.78 Å². The number of carbonyl (C=O) groups excluding carboxylic acids is 1. The first-order valence-electron chi connectivity index (χ1n) is 6.97. The molecule has 0 bridgehead atoms. The Bertz CT molecular complexity index is 666. The number of hydrogen-bond acceptors (Lipinski definition) is 4. The van der Waals surface area contributed by atoms with Gasteiger partial charge in [-0.05, 0) is 30.3 Å². The highest BCUT2D eigenvalue weighted by atomic mass is 79.9. The van der Waals surface area contributed by atoms with Crippen molar-refractivity contribution in [2.45, 2.75) is 17.4 Å². The van der Waals surface area contributed by atoms with Crippen LogP contribution in [0.15, 0.2) is 52.1 Å². The minimum absolute atomic E-state index is 0.00629. The zero-order chi connectivity index (χ0) is 15.4. The summed E-state index contributed by atoms with van der Waals surface area (Å²) in [6.07, 6.45) is 4.24. The van der Waals surface area contributed by atoms with Gasteiger partial charge in [0.2, 0.25) is 5.91 Å². The van der Waals surface area contributed by atoms with Gasteiger partial charge in [-0.15, -0.1) is 11.8 Å². The molecule has 3 rings (SSSR count). The van der Waals surface area contributed by atoms with Gasteiger partial charge in [-0.1, -0.05) is 15.9 Å². The molecule has 1 amide bonds. The fraction of sp³-hybridized carbons (Fsp3) is 0.250. The van der Waals surface area contributed by atoms with Gasteiger partial charge in [0.1, 0.15) is 5.75 Å². The van der Waals surface area contributed by atoms with Crippen molar-refractivity contribution in [3.63, 3.8) is 0 Å². The molecule has 0 saturated carbocycles. The molecule has 0 saturated heterocycles. The molecular weight excluding hydrogens is 364 g/mol. The summed E-state index contributed by atoms with van der Waals surface area (Å²) >= 11 is 4.98. The Kier molecular flexibility index (Phi) is 5.00. The maximum atomic E-state index is 12.2. The second kappa shape index (κ2) is 7.15. The molecule has 1 aliphatic heterocycles. The molecule has 6 heteroatoms. The molecule has 0 spiro atoms. The topological polar surface area (TPSA) is 51.2 Å². The summed E-state index contributed by atoms with van der Waals surface area (Å²) in [4.78, 5) is 17.2. The monoisotopic (exact) mass is 378 g/mol. The first kappa shape index (κ1) is 15.4. The third-order valence-corrected chi connectivity index (χ3v) is 4.87. The third-order valence-electron chi connectivity index (χ3n) is 3.37. The number of aromatic nitrogens is 1. The summed E-state index contributed by atoms with van der Waals surface area (Å²) in [5.41, 5.74) is 1.03. The Morgan fingerprint density at radius 3 is 3.00 bits per heavy atom. The lowest BCUT2D eigenvalue weighted by molar-refractivity contribution is -0.119. The van der Waals surface area contributed by atoms with E-state index in [0.29, 0.717) is 12.4 Å². The van der Waals surface area contributed by atoms with Crippen LogP contribution >= 0.6 is 27.7 Å². The van der Waals surface area contributed by atoms with E-state index < -0.39 is 0 Å². The first-order chi connectivity index (χ1) is 10.7. The maximum absolute atomic E-state index is 12.2. The van der Waals surface area contributed by atoms with Crippen LogP contribution in [0.3, 0.4) is 0 Å². The Labute approximate surface area is 141 Å². The van der Waals surface area contributed by atoms with Crippen molar-refractivity contribution < 1.29 is 9.53 Å². The number of nitrogens with zero attached hydrogens (tertiary/aromatic N) is 1. The summed E-state index contributed by atoms with van der Waals surface area (Å²) in [6.45, 7) is 0.622. The number of thioether (sulfide) groups is 1. The fourth-order valence-electron chi connectivity index (χ4n) is 2.33. The van der Waals surface area contributed by atoms with Crippen molar-refractivity contribution in [1.29, 1.82) is 0 Å². The molecule has 0 aliphatic carbocycles. The predicted octanol–water partition coefficient (Wildman–Crippen LogP) is 3.58. The van der Waals surface area contributed by atoms with Crippen molar-refractivity contribution in [3.8, 4) is 5.75 Å². The number of carbonyl (C=O) groups is 1. The molecule has 1 aromatic carbocycles. The number of rotatable bonds is 4. The predicted molar refractivity (Wildman–Crippen MR) is 90.1 cm³/mol. The number of benzene rings is 1. The van der Waals surface area contributed by atoms with E-state index >= 15 is 0 Å². The second-order valence-electron chi connectivity index (χ2n) is 4.91. The van der Waals surface area contributed by atoms with Gasteiger partial charge < -0.3 is 10.1 Å². The summed E-state index contributed by atoms with van der Waals surface area (Å²) in [5, 5.41) is 3.10. The van der Waals surface area contributed by atoms with Gasteiger partial charge in [0, 0.05) is 33.7 Å². The van der Waals surface area contributed by atoms with Crippen LogP contribution in [0.5, 0.6) is 5.75 Å². The van der Waals surface area contributed by atoms with Crippen LogP contribution < -0.4 is 10.1 Å². The number of nitrogens with one attached hydrogen (secondary N) is 1. The Balaban J connectivity index is 1.62. The number of ether oxygens (including phenoxy) is 1. The lowest BCUT2D eigenvalue weighted by atomic mass is 10.0. The first-order valence-corrected chi connectivity index (χ1v) is 8.74. The molecule has 1 aliphatic rings. The molecule has 1 N–H and O–H groups in total. The maximum Gasteiger partial charge on any atom is 0.230 e. The molecule has 2 aromatic rings. The largest absolute Gasteiger partial charge is 0.493 e. The van der Waals surface area contributed by atoms with E-state index in [4.69, 9.17) is 4.74 Å². The van der Waals surface area contributed by atoms with Crippen LogP contribution in [0.1, 0.15) is 18.0 Å². The standard InChI is InChI=1S/C16H15BrN2O2S/c17-11-1-2-15-13(9-11)14(5-8-21-15)19-16(20)10-22-12-3-6-18-7-4-12/h1-4,6-7,9,14H,5,8,10H2,(H,19,20). The van der Waals surface area contributed by atoms with E-state index in [9.17, 15) is 4.79 Å². The summed E-state index contributed by atoms with van der Waals surface area (Å²) in [7, 11) is 0. The zero-order valence-electron chi connectivity index (χ0n) is 11.8. The van der Waals surface area contributed by atoms with Gasteiger partial charge in [0.05, 0.1) is 18.4 Å². The number of amides is 1. The third kappa shape index (κ3) is 3.81. The summed E-state index contributed by atoms with van der Waals surface area (Å²) < 4.78 is 6.62. The van der Waals surface area contributed by atoms with E-state index in [1.807, 2.05) is 30.3 Å². The van der Waals surface area contributed by atoms with E-state index in [-0.39, 0.29) is 11.9 Å². The minimum atomic E-state index is 0.00629. The SMILES string of the molecule is O=C(CSc1ccncc1)NC1CCOc2ccc(Br)cc21. The average molecular weight is 379 g/mol. The van der Waals surface area contributed by atoms with Crippen molar-refractivity contribution >= 4 is 33.6 Å². The molecule has 1 aromatic heterocycles. The highest BCUT2D eigenvalue weighted by Crippen LogP contribution is 2.34. The Morgan fingerprint density at radius 1 is 1.36 bits per heavy atom. The van der Waals surface area contributed by atoms with E-state index in [1.54, 1.807) is 12.4 Å². The van der Waals surface area contributed by atoms with Gasteiger partial charge >= 0.3 is 0 Å². The average Bonchev–Trinajstić information content (AvgIpc) is 2.54. The van der Waals surface area contributed by atoms with Crippen molar-refractivity contribution in [2.24, 2.45) is 0 Å². The number of fused-ring (bicyclic) bond motifs is 1. The normalized spacial score (nSPS) is 16.5. The molecule has 4 nitrogen and oxygen atoms in total. The lowest BCUT2D eigenvalue weighted by Gasteiger charge is -2.27. The van der Waals surface area contributed by atoms with Crippen molar-refractivity contribution in [3.05, 3.63) is 52.8 Å². The fourth-order valence-corrected chi connectivity index (χ4v) is 3.41. The smallest absolute Gasteiger partial charge is 0.230 e. The zero-order valence-corrected chi connectivity index (χ0v) is 14.2. The molecule has 0 fully saturated rings. The van der Waals surface area contributed by atoms with Crippen molar-refractivity contribution in [1.82, 2.24) is 10.3 Å². The summed E-state index contributed by atoms with van der Waals surface area (Å²) in [5.74, 6) is 1.27. The lowest BCUT2D eigenvalue weighted by Crippen LogP contribution is -2.33. The van der Waals surface area contributed by atoms with Crippen molar-refractivity contribution in [2.75, 3.05) is 12.4 Å². The van der Waals surface area contributed by atoms with Crippen LogP contribution in [0, 0.1) is 0 Å². The Morgan fingerprint density at radius 2 is 2.18 bits per heavy atom. The second-order valence-corrected chi connectivity index (χ2v) is 6.88. The van der Waals surface area contributed by atoms with E-state index in [0.717, 1.165) is 27.1 Å². The van der Waals surface area contributed by atoms with Crippen LogP contribution in [-0.4, -0.2) is 23.3 Å². The number of pyridine rings is 1. The molecule has 1 atom stereocenters. The molecule has 1 unspecified atom stereocenters. The number of hydrogen-bond donors (Lipinski definition) is 1. The van der Waals surface area contributed by atoms with E-state index in [2.05, 4.69) is 26.2 Å². The molecule has 114 valence electrons. The van der Waals surface area contributed by atoms with E-state index in [1.165, 1.54) is 11.8 Å². The summed E-state index contributed by atoms with van der Waals surface area (Å²) in [6, 6.07) is 9.70. The molecule has 2 heterocycles. The van der Waals surface area contributed by atoms with Gasteiger partial charge in [-0.25, -0.2) is 0 Å². The molecule has 0 radical (unpaired) electrons. The minimum Gasteiger partial charge on any atom is -0.493 e.